The summed E-state index contributed by atoms with van der Waals surface area (Å²) in [6.45, 7) is 1.51. The van der Waals surface area contributed by atoms with Gasteiger partial charge >= 0.3 is 6.18 Å². The maximum atomic E-state index is 12.4. The van der Waals surface area contributed by atoms with E-state index in [0.717, 1.165) is 12.1 Å². The van der Waals surface area contributed by atoms with Crippen LogP contribution >= 0.6 is 15.9 Å². The van der Waals surface area contributed by atoms with Crippen LogP contribution in [0.15, 0.2) is 27.7 Å². The standard InChI is InChI=1S/C9H8BrF3N2/c1-5(14)15-8-3-6(9(11,12)13)2-7(10)4-8/h2-4H,1H3,(H2,14,15). The van der Waals surface area contributed by atoms with E-state index in [1.54, 1.807) is 0 Å². The second kappa shape index (κ2) is 4.22. The van der Waals surface area contributed by atoms with Crippen molar-refractivity contribution in [1.82, 2.24) is 0 Å². The largest absolute Gasteiger partial charge is 0.416 e. The van der Waals surface area contributed by atoms with E-state index in [2.05, 4.69) is 20.9 Å². The molecule has 0 saturated heterocycles. The molecule has 1 rings (SSSR count). The molecular formula is C9H8BrF3N2. The molecule has 0 amide bonds. The summed E-state index contributed by atoms with van der Waals surface area (Å²) in [5, 5.41) is 0. The van der Waals surface area contributed by atoms with Gasteiger partial charge in [0, 0.05) is 4.47 Å². The average molecular weight is 281 g/mol. The molecule has 1 aromatic carbocycles. The van der Waals surface area contributed by atoms with Crippen LogP contribution in [-0.2, 0) is 6.18 Å². The second-order valence-corrected chi connectivity index (χ2v) is 3.86. The van der Waals surface area contributed by atoms with Gasteiger partial charge in [-0.15, -0.1) is 0 Å². The van der Waals surface area contributed by atoms with Crippen molar-refractivity contribution in [3.05, 3.63) is 28.2 Å². The van der Waals surface area contributed by atoms with E-state index >= 15 is 0 Å². The zero-order valence-corrected chi connectivity index (χ0v) is 9.35. The van der Waals surface area contributed by atoms with Crippen molar-refractivity contribution in [3.63, 3.8) is 0 Å². The number of nitrogens with two attached hydrogens (primary N) is 1. The molecule has 0 aliphatic heterocycles. The Hall–Kier alpha value is -1.04. The normalized spacial score (nSPS) is 13.0. The van der Waals surface area contributed by atoms with Crippen LogP contribution in [0.5, 0.6) is 0 Å². The molecule has 1 aromatic rings. The summed E-state index contributed by atoms with van der Waals surface area (Å²) in [4.78, 5) is 3.76. The first-order chi connectivity index (χ1) is 6.79. The molecule has 0 heterocycles. The Kier molecular flexibility index (Phi) is 3.38. The molecule has 0 bridgehead atoms. The summed E-state index contributed by atoms with van der Waals surface area (Å²) in [5.41, 5.74) is 4.71. The molecule has 0 spiro atoms. The van der Waals surface area contributed by atoms with Gasteiger partial charge in [0.05, 0.1) is 17.1 Å². The molecule has 6 heteroatoms. The van der Waals surface area contributed by atoms with E-state index in [1.165, 1.54) is 13.0 Å². The molecule has 82 valence electrons. The number of hydrogen-bond acceptors (Lipinski definition) is 1. The topological polar surface area (TPSA) is 38.4 Å². The molecule has 0 aliphatic carbocycles. The minimum atomic E-state index is -4.38. The van der Waals surface area contributed by atoms with Gasteiger partial charge in [0.25, 0.3) is 0 Å². The lowest BCUT2D eigenvalue weighted by Gasteiger charge is -2.08. The van der Waals surface area contributed by atoms with E-state index < -0.39 is 11.7 Å². The van der Waals surface area contributed by atoms with Crippen LogP contribution in [0, 0.1) is 0 Å². The fourth-order valence-electron chi connectivity index (χ4n) is 1.01. The fourth-order valence-corrected chi connectivity index (χ4v) is 1.49. The summed E-state index contributed by atoms with van der Waals surface area (Å²) in [6, 6.07) is 3.40. The van der Waals surface area contributed by atoms with Gasteiger partial charge in [-0.3, -0.25) is 0 Å². The lowest BCUT2D eigenvalue weighted by Crippen LogP contribution is -2.06. The maximum absolute atomic E-state index is 12.4. The van der Waals surface area contributed by atoms with E-state index in [9.17, 15) is 13.2 Å². The van der Waals surface area contributed by atoms with Crippen LogP contribution in [0.2, 0.25) is 0 Å². The van der Waals surface area contributed by atoms with Crippen molar-refractivity contribution in [2.75, 3.05) is 0 Å². The van der Waals surface area contributed by atoms with E-state index in [4.69, 9.17) is 5.73 Å². The van der Waals surface area contributed by atoms with Crippen LogP contribution in [0.3, 0.4) is 0 Å². The molecule has 0 aliphatic rings. The highest BCUT2D eigenvalue weighted by Crippen LogP contribution is 2.34. The number of aliphatic imine (C=N–C) groups is 1. The van der Waals surface area contributed by atoms with Gasteiger partial charge in [0.1, 0.15) is 0 Å². The highest BCUT2D eigenvalue weighted by Gasteiger charge is 2.31. The third-order valence-electron chi connectivity index (χ3n) is 1.52. The zero-order chi connectivity index (χ0) is 11.6. The molecule has 0 unspecified atom stereocenters. The first-order valence-electron chi connectivity index (χ1n) is 3.97. The Morgan fingerprint density at radius 2 is 1.93 bits per heavy atom. The summed E-state index contributed by atoms with van der Waals surface area (Å²) >= 11 is 2.99. The number of rotatable bonds is 1. The van der Waals surface area contributed by atoms with Gasteiger partial charge in [-0.2, -0.15) is 13.2 Å². The number of halogens is 4. The number of benzene rings is 1. The van der Waals surface area contributed by atoms with Crippen LogP contribution in [0.25, 0.3) is 0 Å². The van der Waals surface area contributed by atoms with Crippen LogP contribution in [0.1, 0.15) is 12.5 Å². The van der Waals surface area contributed by atoms with Crippen molar-refractivity contribution in [1.29, 1.82) is 0 Å². The summed E-state index contributed by atoms with van der Waals surface area (Å²) < 4.78 is 37.5. The SMILES string of the molecule is CC(N)=Nc1cc(Br)cc(C(F)(F)F)c1. The van der Waals surface area contributed by atoms with Crippen molar-refractivity contribution < 1.29 is 13.2 Å². The van der Waals surface area contributed by atoms with Gasteiger partial charge in [-0.1, -0.05) is 15.9 Å². The maximum Gasteiger partial charge on any atom is 0.416 e. The first-order valence-corrected chi connectivity index (χ1v) is 4.77. The smallest absolute Gasteiger partial charge is 0.387 e. The average Bonchev–Trinajstić information content (AvgIpc) is 1.99. The molecule has 0 saturated carbocycles. The molecule has 0 fully saturated rings. The lowest BCUT2D eigenvalue weighted by atomic mass is 10.2. The number of nitrogens with zero attached hydrogens (tertiary/aromatic N) is 1. The van der Waals surface area contributed by atoms with E-state index in [-0.39, 0.29) is 11.5 Å². The molecule has 2 N–H and O–H groups in total. The lowest BCUT2D eigenvalue weighted by molar-refractivity contribution is -0.137. The third-order valence-corrected chi connectivity index (χ3v) is 1.97. The second-order valence-electron chi connectivity index (χ2n) is 2.95. The Bertz CT molecular complexity index is 395. The molecule has 0 atom stereocenters. The van der Waals surface area contributed by atoms with E-state index in [1.807, 2.05) is 0 Å². The van der Waals surface area contributed by atoms with Crippen LogP contribution in [-0.4, -0.2) is 5.84 Å². The van der Waals surface area contributed by atoms with Crippen molar-refractivity contribution in [2.24, 2.45) is 10.7 Å². The third kappa shape index (κ3) is 3.54. The molecule has 2 nitrogen and oxygen atoms in total. The number of alkyl halides is 3. The van der Waals surface area contributed by atoms with Gasteiger partial charge in [0.2, 0.25) is 0 Å². The highest BCUT2D eigenvalue weighted by molar-refractivity contribution is 9.10. The number of amidine groups is 1. The Balaban J connectivity index is 3.23. The Labute approximate surface area is 93.1 Å². The van der Waals surface area contributed by atoms with Gasteiger partial charge in [-0.05, 0) is 25.1 Å². The minimum absolute atomic E-state index is 0.178. The molecule has 0 aromatic heterocycles. The van der Waals surface area contributed by atoms with Gasteiger partial charge < -0.3 is 5.73 Å². The molecular weight excluding hydrogens is 273 g/mol. The summed E-state index contributed by atoms with van der Waals surface area (Å²) in [7, 11) is 0. The number of hydrogen-bond donors (Lipinski definition) is 1. The summed E-state index contributed by atoms with van der Waals surface area (Å²) in [5.74, 6) is 0.209. The quantitative estimate of drug-likeness (QED) is 0.621. The minimum Gasteiger partial charge on any atom is -0.387 e. The zero-order valence-electron chi connectivity index (χ0n) is 7.77. The van der Waals surface area contributed by atoms with Crippen molar-refractivity contribution in [3.8, 4) is 0 Å². The van der Waals surface area contributed by atoms with E-state index in [0.29, 0.717) is 4.47 Å². The molecule has 0 radical (unpaired) electrons. The van der Waals surface area contributed by atoms with Crippen LogP contribution < -0.4 is 5.73 Å². The van der Waals surface area contributed by atoms with Gasteiger partial charge in [-0.25, -0.2) is 4.99 Å². The van der Waals surface area contributed by atoms with Gasteiger partial charge in [0.15, 0.2) is 0 Å². The predicted octanol–water partition coefficient (Wildman–Crippen LogP) is 3.48. The Morgan fingerprint density at radius 3 is 2.40 bits per heavy atom. The predicted molar refractivity (Wildman–Crippen MR) is 56.1 cm³/mol. The highest BCUT2D eigenvalue weighted by atomic mass is 79.9. The molecule has 15 heavy (non-hydrogen) atoms. The Morgan fingerprint density at radius 1 is 1.33 bits per heavy atom. The van der Waals surface area contributed by atoms with Crippen molar-refractivity contribution in [2.45, 2.75) is 13.1 Å². The van der Waals surface area contributed by atoms with Crippen molar-refractivity contribution >= 4 is 27.5 Å². The fraction of sp³-hybridized carbons (Fsp3) is 0.222. The summed E-state index contributed by atoms with van der Waals surface area (Å²) in [6.07, 6.45) is -4.38. The monoisotopic (exact) mass is 280 g/mol. The van der Waals surface area contributed by atoms with Crippen LogP contribution in [0.4, 0.5) is 18.9 Å². The first kappa shape index (κ1) is 12.0.